The van der Waals surface area contributed by atoms with Gasteiger partial charge in [-0.25, -0.2) is 4.79 Å². The number of ether oxygens (including phenoxy) is 2. The van der Waals surface area contributed by atoms with E-state index < -0.39 is 0 Å². The van der Waals surface area contributed by atoms with Gasteiger partial charge < -0.3 is 24.6 Å². The maximum absolute atomic E-state index is 12.6. The fraction of sp³-hybridized carbons (Fsp3) is 0.889. The number of hydrogen-bond acceptors (Lipinski definition) is 4. The van der Waals surface area contributed by atoms with Gasteiger partial charge in [0.05, 0.1) is 6.04 Å². The zero-order chi connectivity index (χ0) is 18.2. The Morgan fingerprint density at radius 3 is 2.60 bits per heavy atom. The van der Waals surface area contributed by atoms with E-state index in [0.717, 1.165) is 25.7 Å². The molecule has 2 aliphatic rings. The van der Waals surface area contributed by atoms with Crippen molar-refractivity contribution in [2.24, 2.45) is 5.92 Å². The molecule has 0 aromatic heterocycles. The Labute approximate surface area is 151 Å². The second kappa shape index (κ2) is 9.97. The molecule has 7 nitrogen and oxygen atoms in total. The van der Waals surface area contributed by atoms with Crippen LogP contribution in [0.4, 0.5) is 4.79 Å². The van der Waals surface area contributed by atoms with Gasteiger partial charge in [0.1, 0.15) is 6.61 Å². The third-order valence-electron chi connectivity index (χ3n) is 4.98. The summed E-state index contributed by atoms with van der Waals surface area (Å²) in [4.78, 5) is 28.7. The van der Waals surface area contributed by atoms with Crippen molar-refractivity contribution >= 4 is 11.9 Å². The van der Waals surface area contributed by atoms with Crippen LogP contribution in [0.3, 0.4) is 0 Å². The second-order valence-corrected chi connectivity index (χ2v) is 7.38. The van der Waals surface area contributed by atoms with Crippen molar-refractivity contribution in [2.75, 3.05) is 46.6 Å². The van der Waals surface area contributed by atoms with Crippen molar-refractivity contribution in [3.8, 4) is 0 Å². The van der Waals surface area contributed by atoms with Crippen LogP contribution in [0.1, 0.15) is 39.5 Å². The molecule has 1 atom stereocenters. The molecule has 2 saturated heterocycles. The first-order chi connectivity index (χ1) is 12.0. The summed E-state index contributed by atoms with van der Waals surface area (Å²) in [5, 5.41) is 2.99. The Bertz CT molecular complexity index is 438. The quantitative estimate of drug-likeness (QED) is 0.751. The van der Waals surface area contributed by atoms with Crippen LogP contribution in [0, 0.1) is 5.92 Å². The van der Waals surface area contributed by atoms with Crippen molar-refractivity contribution in [2.45, 2.75) is 51.6 Å². The first-order valence-electron chi connectivity index (χ1n) is 9.43. The highest BCUT2D eigenvalue weighted by molar-refractivity contribution is 5.79. The third kappa shape index (κ3) is 5.85. The van der Waals surface area contributed by atoms with E-state index in [1.54, 1.807) is 7.11 Å². The lowest BCUT2D eigenvalue weighted by atomic mass is 10.0. The molecular weight excluding hydrogens is 322 g/mol. The molecule has 7 heteroatoms. The molecule has 25 heavy (non-hydrogen) atoms. The van der Waals surface area contributed by atoms with Crippen molar-refractivity contribution in [3.63, 3.8) is 0 Å². The van der Waals surface area contributed by atoms with Gasteiger partial charge in [-0.2, -0.15) is 0 Å². The number of carbonyl (C=O) groups is 2. The Balaban J connectivity index is 1.92. The van der Waals surface area contributed by atoms with E-state index in [1.807, 2.05) is 9.80 Å². The summed E-state index contributed by atoms with van der Waals surface area (Å²) in [6.07, 6.45) is 3.51. The molecule has 0 aromatic rings. The number of likely N-dealkylation sites (tertiary alicyclic amines) is 1. The lowest BCUT2D eigenvalue weighted by Gasteiger charge is -2.38. The Morgan fingerprint density at radius 1 is 1.24 bits per heavy atom. The molecule has 0 aliphatic carbocycles. The average Bonchev–Trinajstić information content (AvgIpc) is 3.05. The van der Waals surface area contributed by atoms with E-state index in [2.05, 4.69) is 19.2 Å². The van der Waals surface area contributed by atoms with Crippen LogP contribution in [0.2, 0.25) is 0 Å². The number of urea groups is 1. The zero-order valence-corrected chi connectivity index (χ0v) is 15.8. The topological polar surface area (TPSA) is 71.1 Å². The van der Waals surface area contributed by atoms with Gasteiger partial charge in [-0.15, -0.1) is 0 Å². The van der Waals surface area contributed by atoms with Crippen LogP contribution >= 0.6 is 0 Å². The summed E-state index contributed by atoms with van der Waals surface area (Å²) in [6, 6.07) is 0.237. The molecule has 1 unspecified atom stereocenters. The molecule has 1 N–H and O–H groups in total. The summed E-state index contributed by atoms with van der Waals surface area (Å²) >= 11 is 0. The fourth-order valence-corrected chi connectivity index (χ4v) is 3.60. The molecule has 0 spiro atoms. The molecule has 0 aromatic carbocycles. The highest BCUT2D eigenvalue weighted by Crippen LogP contribution is 2.23. The Hall–Kier alpha value is -1.34. The summed E-state index contributed by atoms with van der Waals surface area (Å²) in [7, 11) is 1.54. The minimum atomic E-state index is -0.0192. The monoisotopic (exact) mass is 355 g/mol. The molecule has 0 bridgehead atoms. The normalized spacial score (nSPS) is 21.6. The molecule has 3 amide bonds. The van der Waals surface area contributed by atoms with Gasteiger partial charge in [-0.1, -0.05) is 13.8 Å². The van der Waals surface area contributed by atoms with Gasteiger partial charge in [0.15, 0.2) is 0 Å². The Kier molecular flexibility index (Phi) is 7.96. The Morgan fingerprint density at radius 2 is 1.96 bits per heavy atom. The number of hydrogen-bond donors (Lipinski definition) is 1. The lowest BCUT2D eigenvalue weighted by Crippen LogP contribution is -2.52. The largest absolute Gasteiger partial charge is 0.381 e. The van der Waals surface area contributed by atoms with Crippen LogP contribution in [0.15, 0.2) is 0 Å². The van der Waals surface area contributed by atoms with E-state index in [-0.39, 0.29) is 30.6 Å². The maximum atomic E-state index is 12.6. The summed E-state index contributed by atoms with van der Waals surface area (Å²) in [6.45, 7) is 7.74. The molecule has 0 radical (unpaired) electrons. The van der Waals surface area contributed by atoms with Crippen molar-refractivity contribution in [1.29, 1.82) is 0 Å². The molecule has 144 valence electrons. The van der Waals surface area contributed by atoms with E-state index in [9.17, 15) is 9.59 Å². The van der Waals surface area contributed by atoms with Crippen LogP contribution in [-0.4, -0.2) is 80.4 Å². The first kappa shape index (κ1) is 20.0. The predicted molar refractivity (Wildman–Crippen MR) is 95.4 cm³/mol. The zero-order valence-electron chi connectivity index (χ0n) is 15.8. The van der Waals surface area contributed by atoms with Gasteiger partial charge in [0.2, 0.25) is 5.91 Å². The van der Waals surface area contributed by atoms with Gasteiger partial charge in [0, 0.05) is 46.0 Å². The molecule has 2 aliphatic heterocycles. The minimum Gasteiger partial charge on any atom is -0.381 e. The maximum Gasteiger partial charge on any atom is 0.317 e. The molecule has 2 heterocycles. The van der Waals surface area contributed by atoms with Crippen LogP contribution in [-0.2, 0) is 14.3 Å². The van der Waals surface area contributed by atoms with Crippen LogP contribution in [0.25, 0.3) is 0 Å². The summed E-state index contributed by atoms with van der Waals surface area (Å²) in [5.74, 6) is 0.587. The number of rotatable bonds is 7. The molecular formula is C18H33N3O4. The number of methoxy groups -OCH3 is 1. The highest BCUT2D eigenvalue weighted by atomic mass is 16.5. The fourth-order valence-electron chi connectivity index (χ4n) is 3.60. The number of amides is 3. The number of carbonyl (C=O) groups excluding carboxylic acids is 2. The molecule has 2 fully saturated rings. The second-order valence-electron chi connectivity index (χ2n) is 7.38. The van der Waals surface area contributed by atoms with Gasteiger partial charge in [-0.3, -0.25) is 4.79 Å². The summed E-state index contributed by atoms with van der Waals surface area (Å²) in [5.41, 5.74) is 0. The van der Waals surface area contributed by atoms with E-state index in [1.165, 1.54) is 0 Å². The first-order valence-corrected chi connectivity index (χ1v) is 9.43. The smallest absolute Gasteiger partial charge is 0.317 e. The standard InChI is InChI=1S/C18H33N3O4/c1-14(2)4-8-19-18(23)20-9-5-16(12-20)21(17(22)13-24-3)15-6-10-25-11-7-15/h14-16H,4-13H2,1-3H3,(H,19,23). The van der Waals surface area contributed by atoms with Crippen molar-refractivity contribution in [3.05, 3.63) is 0 Å². The highest BCUT2D eigenvalue weighted by Gasteiger charge is 2.37. The van der Waals surface area contributed by atoms with Gasteiger partial charge in [-0.05, 0) is 31.6 Å². The van der Waals surface area contributed by atoms with Gasteiger partial charge >= 0.3 is 6.03 Å². The van der Waals surface area contributed by atoms with Crippen molar-refractivity contribution in [1.82, 2.24) is 15.1 Å². The summed E-state index contributed by atoms with van der Waals surface area (Å²) < 4.78 is 10.5. The lowest BCUT2D eigenvalue weighted by molar-refractivity contribution is -0.142. The molecule has 2 rings (SSSR count). The van der Waals surface area contributed by atoms with Gasteiger partial charge in [0.25, 0.3) is 0 Å². The third-order valence-corrected chi connectivity index (χ3v) is 4.98. The minimum absolute atomic E-state index is 0.0152. The SMILES string of the molecule is COCC(=O)N(C1CCOCC1)C1CCN(C(=O)NCCC(C)C)C1. The van der Waals surface area contributed by atoms with E-state index >= 15 is 0 Å². The van der Waals surface area contributed by atoms with Crippen LogP contribution < -0.4 is 5.32 Å². The number of nitrogens with one attached hydrogen (secondary N) is 1. The van der Waals surface area contributed by atoms with Crippen molar-refractivity contribution < 1.29 is 19.1 Å². The predicted octanol–water partition coefficient (Wildman–Crippen LogP) is 1.47. The van der Waals surface area contributed by atoms with E-state index in [4.69, 9.17) is 9.47 Å². The van der Waals surface area contributed by atoms with Crippen LogP contribution in [0.5, 0.6) is 0 Å². The number of nitrogens with zero attached hydrogens (tertiary/aromatic N) is 2. The molecule has 0 saturated carbocycles. The average molecular weight is 355 g/mol. The van der Waals surface area contributed by atoms with E-state index in [0.29, 0.717) is 38.8 Å².